The van der Waals surface area contributed by atoms with Gasteiger partial charge in [-0.05, 0) is 46.2 Å². The summed E-state index contributed by atoms with van der Waals surface area (Å²) in [6, 6.07) is 4.31. The van der Waals surface area contributed by atoms with Gasteiger partial charge in [0, 0.05) is 17.5 Å². The summed E-state index contributed by atoms with van der Waals surface area (Å²) in [5.74, 6) is -1.20. The molecule has 1 fully saturated rings. The molecule has 0 radical (unpaired) electrons. The first-order valence-corrected chi connectivity index (χ1v) is 9.23. The van der Waals surface area contributed by atoms with E-state index in [1.807, 2.05) is 0 Å². The number of nitrogens with one attached hydrogen (secondary N) is 1. The van der Waals surface area contributed by atoms with Crippen LogP contribution in [0.1, 0.15) is 56.5 Å². The molecule has 0 aromatic heterocycles. The lowest BCUT2D eigenvalue weighted by atomic mass is 10.0. The van der Waals surface area contributed by atoms with Crippen LogP contribution >= 0.6 is 0 Å². The van der Waals surface area contributed by atoms with Crippen molar-refractivity contribution >= 4 is 23.7 Å². The number of hydrogen-bond donors (Lipinski definition) is 1. The zero-order valence-corrected chi connectivity index (χ0v) is 16.4. The van der Waals surface area contributed by atoms with Crippen LogP contribution in [0.4, 0.5) is 0 Å². The first kappa shape index (κ1) is 19.9. The molecule has 2 aliphatic rings. The molecule has 0 unspecified atom stereocenters. The molecule has 2 aliphatic heterocycles. The molecule has 1 aromatic rings. The Kier molecular flexibility index (Phi) is 5.14. The van der Waals surface area contributed by atoms with Crippen LogP contribution in [0.3, 0.4) is 0 Å². The van der Waals surface area contributed by atoms with E-state index in [9.17, 15) is 19.2 Å². The Morgan fingerprint density at radius 1 is 1.25 bits per heavy atom. The van der Waals surface area contributed by atoms with Gasteiger partial charge in [-0.1, -0.05) is 6.07 Å². The molecule has 0 spiro atoms. The van der Waals surface area contributed by atoms with Crippen LogP contribution in [-0.2, 0) is 25.7 Å². The quantitative estimate of drug-likeness (QED) is 0.620. The summed E-state index contributed by atoms with van der Waals surface area (Å²) < 4.78 is 11.1. The van der Waals surface area contributed by atoms with Crippen molar-refractivity contribution in [3.05, 3.63) is 29.3 Å². The average Bonchev–Trinajstić information content (AvgIpc) is 2.91. The summed E-state index contributed by atoms with van der Waals surface area (Å²) in [6.45, 7) is 7.08. The molecule has 150 valence electrons. The summed E-state index contributed by atoms with van der Waals surface area (Å²) in [6.07, 6.45) is -0.379. The van der Waals surface area contributed by atoms with Crippen LogP contribution in [0.15, 0.2) is 18.2 Å². The van der Waals surface area contributed by atoms with E-state index >= 15 is 0 Å². The SMILES string of the molecule is C[C@@H](Oc1cccc2c1CN([C@H]1CCC(=O)NC1=O)C2=O)C(=O)OC(C)(C)C. The van der Waals surface area contributed by atoms with E-state index in [0.717, 1.165) is 0 Å². The molecule has 8 heteroatoms. The molecule has 3 amide bonds. The summed E-state index contributed by atoms with van der Waals surface area (Å²) >= 11 is 0. The fourth-order valence-corrected chi connectivity index (χ4v) is 3.29. The molecule has 2 heterocycles. The minimum atomic E-state index is -0.856. The predicted molar refractivity (Wildman–Crippen MR) is 98.4 cm³/mol. The van der Waals surface area contributed by atoms with Crippen molar-refractivity contribution < 1.29 is 28.7 Å². The van der Waals surface area contributed by atoms with Gasteiger partial charge in [0.25, 0.3) is 5.91 Å². The number of esters is 1. The molecule has 0 saturated carbocycles. The normalized spacial score (nSPS) is 20.5. The van der Waals surface area contributed by atoms with E-state index in [4.69, 9.17) is 9.47 Å². The van der Waals surface area contributed by atoms with Crippen LogP contribution in [0.25, 0.3) is 0 Å². The van der Waals surface area contributed by atoms with Gasteiger partial charge in [0.2, 0.25) is 11.8 Å². The molecular formula is C20H24N2O6. The maximum atomic E-state index is 12.8. The Bertz CT molecular complexity index is 842. The third-order valence-electron chi connectivity index (χ3n) is 4.58. The van der Waals surface area contributed by atoms with Gasteiger partial charge >= 0.3 is 5.97 Å². The lowest BCUT2D eigenvalue weighted by Gasteiger charge is -2.29. The number of carbonyl (C=O) groups excluding carboxylic acids is 4. The Morgan fingerprint density at radius 2 is 1.96 bits per heavy atom. The van der Waals surface area contributed by atoms with Gasteiger partial charge in [-0.15, -0.1) is 0 Å². The van der Waals surface area contributed by atoms with E-state index in [0.29, 0.717) is 16.9 Å². The second kappa shape index (κ2) is 7.26. The number of hydrogen-bond acceptors (Lipinski definition) is 6. The van der Waals surface area contributed by atoms with Gasteiger partial charge in [-0.25, -0.2) is 4.79 Å². The predicted octanol–water partition coefficient (Wildman–Crippen LogP) is 1.56. The Morgan fingerprint density at radius 3 is 2.61 bits per heavy atom. The first-order chi connectivity index (χ1) is 13.1. The number of benzene rings is 1. The number of piperidine rings is 1. The average molecular weight is 388 g/mol. The van der Waals surface area contributed by atoms with Gasteiger partial charge in [-0.2, -0.15) is 0 Å². The van der Waals surface area contributed by atoms with Crippen molar-refractivity contribution in [1.82, 2.24) is 10.2 Å². The number of carbonyl (C=O) groups is 4. The molecule has 0 bridgehead atoms. The number of imide groups is 1. The zero-order chi connectivity index (χ0) is 20.6. The highest BCUT2D eigenvalue weighted by molar-refractivity contribution is 6.05. The van der Waals surface area contributed by atoms with Crippen LogP contribution in [0.2, 0.25) is 0 Å². The number of fused-ring (bicyclic) bond motifs is 1. The van der Waals surface area contributed by atoms with E-state index < -0.39 is 29.6 Å². The van der Waals surface area contributed by atoms with Gasteiger partial charge in [-0.3, -0.25) is 19.7 Å². The van der Waals surface area contributed by atoms with Gasteiger partial charge in [0.05, 0.1) is 6.54 Å². The lowest BCUT2D eigenvalue weighted by molar-refractivity contribution is -0.162. The molecule has 28 heavy (non-hydrogen) atoms. The van der Waals surface area contributed by atoms with Crippen molar-refractivity contribution in [2.75, 3.05) is 0 Å². The third kappa shape index (κ3) is 4.00. The van der Waals surface area contributed by atoms with Gasteiger partial charge in [0.1, 0.15) is 17.4 Å². The fourth-order valence-electron chi connectivity index (χ4n) is 3.29. The second-order valence-electron chi connectivity index (χ2n) is 7.98. The van der Waals surface area contributed by atoms with Crippen molar-refractivity contribution in [2.24, 2.45) is 0 Å². The minimum absolute atomic E-state index is 0.178. The topological polar surface area (TPSA) is 102 Å². The number of amides is 3. The maximum absolute atomic E-state index is 12.8. The standard InChI is InChI=1S/C20H24N2O6/c1-11(19(26)28-20(2,3)4)27-15-7-5-6-12-13(15)10-22(18(12)25)14-8-9-16(23)21-17(14)24/h5-7,11,14H,8-10H2,1-4H3,(H,21,23,24)/t11-,14+/m1/s1. The maximum Gasteiger partial charge on any atom is 0.347 e. The smallest absolute Gasteiger partial charge is 0.347 e. The summed E-state index contributed by atoms with van der Waals surface area (Å²) in [5, 5.41) is 2.27. The number of ether oxygens (including phenoxy) is 2. The van der Waals surface area contributed by atoms with Crippen LogP contribution in [-0.4, -0.2) is 46.3 Å². The largest absolute Gasteiger partial charge is 0.479 e. The summed E-state index contributed by atoms with van der Waals surface area (Å²) in [4.78, 5) is 50.0. The van der Waals surface area contributed by atoms with Crippen molar-refractivity contribution in [1.29, 1.82) is 0 Å². The highest BCUT2D eigenvalue weighted by Gasteiger charge is 2.40. The van der Waals surface area contributed by atoms with Crippen molar-refractivity contribution in [2.45, 2.75) is 64.8 Å². The minimum Gasteiger partial charge on any atom is -0.479 e. The third-order valence-corrected chi connectivity index (χ3v) is 4.58. The Balaban J connectivity index is 1.78. The Labute approximate surface area is 163 Å². The van der Waals surface area contributed by atoms with E-state index in [1.165, 1.54) is 4.90 Å². The van der Waals surface area contributed by atoms with Gasteiger partial charge < -0.3 is 14.4 Å². The van der Waals surface area contributed by atoms with Crippen LogP contribution < -0.4 is 10.1 Å². The molecular weight excluding hydrogens is 364 g/mol. The molecule has 0 aliphatic carbocycles. The van der Waals surface area contributed by atoms with Crippen LogP contribution in [0.5, 0.6) is 5.75 Å². The zero-order valence-electron chi connectivity index (χ0n) is 16.4. The number of rotatable bonds is 4. The fraction of sp³-hybridized carbons (Fsp3) is 0.500. The molecule has 3 rings (SSSR count). The van der Waals surface area contributed by atoms with Gasteiger partial charge in [0.15, 0.2) is 6.10 Å². The molecule has 1 N–H and O–H groups in total. The molecule has 8 nitrogen and oxygen atoms in total. The van der Waals surface area contributed by atoms with E-state index in [-0.39, 0.29) is 31.2 Å². The molecule has 1 saturated heterocycles. The highest BCUT2D eigenvalue weighted by Crippen LogP contribution is 2.34. The van der Waals surface area contributed by atoms with E-state index in [2.05, 4.69) is 5.32 Å². The second-order valence-corrected chi connectivity index (χ2v) is 7.98. The summed E-state index contributed by atoms with van der Waals surface area (Å²) in [7, 11) is 0. The number of nitrogens with zero attached hydrogens (tertiary/aromatic N) is 1. The first-order valence-electron chi connectivity index (χ1n) is 9.23. The Hall–Kier alpha value is -2.90. The summed E-state index contributed by atoms with van der Waals surface area (Å²) in [5.41, 5.74) is 0.414. The molecule has 2 atom stereocenters. The molecule has 1 aromatic carbocycles. The highest BCUT2D eigenvalue weighted by atomic mass is 16.6. The lowest BCUT2D eigenvalue weighted by Crippen LogP contribution is -2.52. The van der Waals surface area contributed by atoms with Crippen molar-refractivity contribution in [3.63, 3.8) is 0 Å². The van der Waals surface area contributed by atoms with Crippen LogP contribution in [0, 0.1) is 0 Å². The van der Waals surface area contributed by atoms with Crippen molar-refractivity contribution in [3.8, 4) is 5.75 Å². The monoisotopic (exact) mass is 388 g/mol. The van der Waals surface area contributed by atoms with E-state index in [1.54, 1.807) is 45.9 Å².